The number of amides is 2. The Kier molecular flexibility index (Phi) is 11.6. The van der Waals surface area contributed by atoms with Crippen LogP contribution in [0.1, 0.15) is 42.5 Å². The highest BCUT2D eigenvalue weighted by Crippen LogP contribution is 2.33. The first-order valence-electron chi connectivity index (χ1n) is 15.4. The Morgan fingerprint density at radius 3 is 2.00 bits per heavy atom. The maximum atomic E-state index is 14.6. The first-order valence-corrected chi connectivity index (χ1v) is 16.9. The zero-order valence-corrected chi connectivity index (χ0v) is 28.0. The Labute approximate surface area is 273 Å². The number of para-hydroxylation sites is 2. The van der Waals surface area contributed by atoms with Crippen LogP contribution in [0.25, 0.3) is 0 Å². The smallest absolute Gasteiger partial charge is 0.264 e. The fourth-order valence-corrected chi connectivity index (χ4v) is 6.50. The Bertz CT molecular complexity index is 1710. The molecule has 2 unspecified atom stereocenters. The molecule has 0 aliphatic heterocycles. The Balaban J connectivity index is 1.83. The normalized spacial score (nSPS) is 12.5. The van der Waals surface area contributed by atoms with Gasteiger partial charge >= 0.3 is 0 Å². The number of rotatable bonds is 14. The van der Waals surface area contributed by atoms with Crippen LogP contribution < -0.4 is 14.4 Å². The van der Waals surface area contributed by atoms with Crippen LogP contribution in [0.15, 0.2) is 108 Å². The average Bonchev–Trinajstić information content (AvgIpc) is 3.06. The van der Waals surface area contributed by atoms with Crippen LogP contribution in [0.3, 0.4) is 0 Å². The molecule has 2 amide bonds. The van der Waals surface area contributed by atoms with Crippen LogP contribution in [-0.4, -0.2) is 50.9 Å². The van der Waals surface area contributed by atoms with Gasteiger partial charge in [0, 0.05) is 19.0 Å². The molecule has 0 aliphatic rings. The van der Waals surface area contributed by atoms with E-state index >= 15 is 0 Å². The summed E-state index contributed by atoms with van der Waals surface area (Å²) in [6.07, 6.45) is 0.964. The number of carbonyl (C=O) groups is 2. The first-order chi connectivity index (χ1) is 22.0. The van der Waals surface area contributed by atoms with E-state index in [9.17, 15) is 18.0 Å². The van der Waals surface area contributed by atoms with Crippen molar-refractivity contribution in [2.75, 3.05) is 18.0 Å². The molecule has 46 heavy (non-hydrogen) atoms. The number of anilines is 1. The van der Waals surface area contributed by atoms with Crippen LogP contribution in [0.2, 0.25) is 0 Å². The van der Waals surface area contributed by atoms with E-state index in [4.69, 9.17) is 4.74 Å². The summed E-state index contributed by atoms with van der Waals surface area (Å²) in [7, 11) is -2.78. The lowest BCUT2D eigenvalue weighted by molar-refractivity contribution is -0.140. The van der Waals surface area contributed by atoms with Crippen molar-refractivity contribution < 1.29 is 22.7 Å². The molecule has 0 saturated heterocycles. The number of hydrogen-bond acceptors (Lipinski definition) is 5. The number of nitrogens with zero attached hydrogens (tertiary/aromatic N) is 2. The number of aryl methyl sites for hydroxylation is 2. The largest absolute Gasteiger partial charge is 0.495 e. The lowest BCUT2D eigenvalue weighted by atomic mass is 10.0. The second-order valence-corrected chi connectivity index (χ2v) is 13.4. The molecule has 0 saturated carbocycles. The zero-order chi connectivity index (χ0) is 33.3. The SMILES string of the molecule is CCC(C)NC(=O)C(Cc1ccccc1)N(Cc1ccc(C)cc1)C(=O)CN(c1ccccc1OC)S(=O)(=O)c1ccc(C)cc1. The predicted molar refractivity (Wildman–Crippen MR) is 182 cm³/mol. The van der Waals surface area contributed by atoms with E-state index in [-0.39, 0.29) is 35.5 Å². The molecule has 4 aromatic carbocycles. The molecule has 0 heterocycles. The Morgan fingerprint density at radius 2 is 1.39 bits per heavy atom. The quantitative estimate of drug-likeness (QED) is 0.181. The summed E-state index contributed by atoms with van der Waals surface area (Å²) < 4.78 is 35.2. The lowest BCUT2D eigenvalue weighted by Gasteiger charge is -2.34. The van der Waals surface area contributed by atoms with E-state index in [1.165, 1.54) is 24.1 Å². The van der Waals surface area contributed by atoms with Gasteiger partial charge in [-0.3, -0.25) is 13.9 Å². The van der Waals surface area contributed by atoms with Gasteiger partial charge in [-0.1, -0.05) is 96.9 Å². The van der Waals surface area contributed by atoms with Crippen LogP contribution in [-0.2, 0) is 32.6 Å². The molecule has 4 aromatic rings. The van der Waals surface area contributed by atoms with Crippen molar-refractivity contribution in [3.8, 4) is 5.75 Å². The summed E-state index contributed by atoms with van der Waals surface area (Å²) in [6, 6.07) is 29.4. The molecule has 0 bridgehead atoms. The number of hydrogen-bond donors (Lipinski definition) is 1. The van der Waals surface area contributed by atoms with Gasteiger partial charge in [0.1, 0.15) is 18.3 Å². The van der Waals surface area contributed by atoms with E-state index in [0.29, 0.717) is 12.2 Å². The monoisotopic (exact) mass is 641 g/mol. The molecule has 0 spiro atoms. The van der Waals surface area contributed by atoms with Gasteiger partial charge in [0.05, 0.1) is 17.7 Å². The summed E-state index contributed by atoms with van der Waals surface area (Å²) in [5.41, 5.74) is 3.88. The first kappa shape index (κ1) is 34.2. The highest BCUT2D eigenvalue weighted by molar-refractivity contribution is 7.92. The second-order valence-electron chi connectivity index (χ2n) is 11.5. The van der Waals surface area contributed by atoms with Crippen LogP contribution in [0.5, 0.6) is 5.75 Å². The molecule has 9 heteroatoms. The van der Waals surface area contributed by atoms with Gasteiger partial charge in [0.25, 0.3) is 10.0 Å². The van der Waals surface area contributed by atoms with Crippen LogP contribution >= 0.6 is 0 Å². The van der Waals surface area contributed by atoms with Crippen LogP contribution in [0.4, 0.5) is 5.69 Å². The van der Waals surface area contributed by atoms with Crippen molar-refractivity contribution >= 4 is 27.5 Å². The van der Waals surface area contributed by atoms with E-state index in [0.717, 1.165) is 26.6 Å². The summed E-state index contributed by atoms with van der Waals surface area (Å²) in [5.74, 6) is -0.530. The van der Waals surface area contributed by atoms with E-state index in [1.807, 2.05) is 82.3 Å². The van der Waals surface area contributed by atoms with Gasteiger partial charge in [-0.05, 0) is 62.6 Å². The van der Waals surface area contributed by atoms with E-state index in [1.54, 1.807) is 36.4 Å². The van der Waals surface area contributed by atoms with E-state index in [2.05, 4.69) is 5.32 Å². The number of carbonyl (C=O) groups excluding carboxylic acids is 2. The maximum Gasteiger partial charge on any atom is 0.264 e. The van der Waals surface area contributed by atoms with Gasteiger partial charge in [-0.15, -0.1) is 0 Å². The van der Waals surface area contributed by atoms with Gasteiger partial charge < -0.3 is 15.0 Å². The summed E-state index contributed by atoms with van der Waals surface area (Å²) in [5, 5.41) is 3.06. The number of methoxy groups -OCH3 is 1. The standard InChI is InChI=1S/C37H43N3O5S/c1-6-29(4)38-37(42)34(24-30-12-8-7-9-13-30)39(25-31-20-16-27(2)17-21-31)36(41)26-40(33-14-10-11-15-35(33)45-5)46(43,44)32-22-18-28(3)19-23-32/h7-23,29,34H,6,24-26H2,1-5H3,(H,38,42). The van der Waals surface area contributed by atoms with Crippen molar-refractivity contribution in [1.82, 2.24) is 10.2 Å². The van der Waals surface area contributed by atoms with Crippen molar-refractivity contribution in [3.63, 3.8) is 0 Å². The summed E-state index contributed by atoms with van der Waals surface area (Å²) in [6.45, 7) is 7.30. The van der Waals surface area contributed by atoms with Gasteiger partial charge in [-0.25, -0.2) is 8.42 Å². The van der Waals surface area contributed by atoms with Gasteiger partial charge in [-0.2, -0.15) is 0 Å². The zero-order valence-electron chi connectivity index (χ0n) is 27.1. The molecular weight excluding hydrogens is 598 g/mol. The molecule has 8 nitrogen and oxygen atoms in total. The predicted octanol–water partition coefficient (Wildman–Crippen LogP) is 6.06. The molecule has 2 atom stereocenters. The third-order valence-electron chi connectivity index (χ3n) is 7.99. The molecule has 0 fully saturated rings. The number of benzene rings is 4. The van der Waals surface area contributed by atoms with Crippen molar-refractivity contribution in [2.45, 2.75) is 64.1 Å². The minimum absolute atomic E-state index is 0.0391. The molecule has 0 aliphatic carbocycles. The van der Waals surface area contributed by atoms with E-state index < -0.39 is 28.5 Å². The van der Waals surface area contributed by atoms with Crippen LogP contribution in [0, 0.1) is 13.8 Å². The third-order valence-corrected chi connectivity index (χ3v) is 9.76. The minimum atomic E-state index is -4.23. The van der Waals surface area contributed by atoms with Crippen molar-refractivity contribution in [3.05, 3.63) is 125 Å². The Morgan fingerprint density at radius 1 is 0.804 bits per heavy atom. The number of nitrogens with one attached hydrogen (secondary N) is 1. The third kappa shape index (κ3) is 8.54. The van der Waals surface area contributed by atoms with Gasteiger partial charge in [0.2, 0.25) is 11.8 Å². The topological polar surface area (TPSA) is 96.0 Å². The molecule has 4 rings (SSSR count). The molecule has 0 aromatic heterocycles. The molecule has 242 valence electrons. The number of ether oxygens (including phenoxy) is 1. The highest BCUT2D eigenvalue weighted by Gasteiger charge is 2.35. The molecular formula is C37H43N3O5S. The highest BCUT2D eigenvalue weighted by atomic mass is 32.2. The maximum absolute atomic E-state index is 14.6. The fourth-order valence-electron chi connectivity index (χ4n) is 5.07. The average molecular weight is 642 g/mol. The molecule has 1 N–H and O–H groups in total. The van der Waals surface area contributed by atoms with Crippen molar-refractivity contribution in [2.24, 2.45) is 0 Å². The number of sulfonamides is 1. The minimum Gasteiger partial charge on any atom is -0.495 e. The Hall–Kier alpha value is -4.63. The summed E-state index contributed by atoms with van der Waals surface area (Å²) in [4.78, 5) is 30.1. The second kappa shape index (κ2) is 15.6. The van der Waals surface area contributed by atoms with Gasteiger partial charge in [0.15, 0.2) is 0 Å². The fraction of sp³-hybridized carbons (Fsp3) is 0.297. The van der Waals surface area contributed by atoms with Crippen molar-refractivity contribution in [1.29, 1.82) is 0 Å². The lowest BCUT2D eigenvalue weighted by Crippen LogP contribution is -2.54. The summed E-state index contributed by atoms with van der Waals surface area (Å²) >= 11 is 0. The molecule has 0 radical (unpaired) electrons.